The summed E-state index contributed by atoms with van der Waals surface area (Å²) in [5, 5.41) is 3.00. The third kappa shape index (κ3) is 2.79. The quantitative estimate of drug-likeness (QED) is 0.849. The van der Waals surface area contributed by atoms with Gasteiger partial charge in [-0.05, 0) is 17.7 Å². The van der Waals surface area contributed by atoms with Gasteiger partial charge in [0.1, 0.15) is 0 Å². The molecule has 2 rings (SSSR count). The van der Waals surface area contributed by atoms with Crippen molar-refractivity contribution in [3.63, 3.8) is 0 Å². The Labute approximate surface area is 99.5 Å². The molecule has 3 nitrogen and oxygen atoms in total. The third-order valence-corrected chi connectivity index (χ3v) is 2.51. The van der Waals surface area contributed by atoms with Crippen LogP contribution < -0.4 is 11.1 Å². The first kappa shape index (κ1) is 11.5. The van der Waals surface area contributed by atoms with Gasteiger partial charge in [0, 0.05) is 12.7 Å². The molecule has 0 radical (unpaired) electrons. The van der Waals surface area contributed by atoms with Crippen LogP contribution in [-0.2, 0) is 0 Å². The highest BCUT2D eigenvalue weighted by Gasteiger charge is 2.11. The fraction of sp³-hybridized carbons (Fsp3) is 0.154. The average molecular weight is 231 g/mol. The Kier molecular flexibility index (Phi) is 3.67. The van der Waals surface area contributed by atoms with Crippen LogP contribution in [-0.4, -0.2) is 11.5 Å². The van der Waals surface area contributed by atoms with Crippen LogP contribution in [0.1, 0.15) is 11.6 Å². The molecule has 0 aliphatic heterocycles. The minimum atomic E-state index is -0.373. The molecule has 0 amide bonds. The predicted octanol–water partition coefficient (Wildman–Crippen LogP) is 2.33. The van der Waals surface area contributed by atoms with Crippen molar-refractivity contribution in [1.29, 1.82) is 0 Å². The molecule has 1 aromatic heterocycles. The van der Waals surface area contributed by atoms with Crippen molar-refractivity contribution in [2.75, 3.05) is 11.9 Å². The Bertz CT molecular complexity index is 473. The molecular formula is C13H14FN3. The van der Waals surface area contributed by atoms with Crippen LogP contribution in [0.25, 0.3) is 0 Å². The summed E-state index contributed by atoms with van der Waals surface area (Å²) in [6, 6.07) is 12.5. The number of nitrogens with zero attached hydrogens (tertiary/aromatic N) is 1. The highest BCUT2D eigenvalue weighted by Crippen LogP contribution is 2.18. The summed E-state index contributed by atoms with van der Waals surface area (Å²) in [5.41, 5.74) is 6.70. The van der Waals surface area contributed by atoms with Gasteiger partial charge >= 0.3 is 0 Å². The zero-order valence-corrected chi connectivity index (χ0v) is 9.31. The molecule has 17 heavy (non-hydrogen) atoms. The van der Waals surface area contributed by atoms with Gasteiger partial charge in [-0.3, -0.25) is 0 Å². The molecule has 88 valence electrons. The van der Waals surface area contributed by atoms with E-state index in [4.69, 9.17) is 5.73 Å². The molecule has 0 saturated heterocycles. The van der Waals surface area contributed by atoms with Gasteiger partial charge in [-0.2, -0.15) is 0 Å². The van der Waals surface area contributed by atoms with E-state index >= 15 is 0 Å². The van der Waals surface area contributed by atoms with E-state index in [0.29, 0.717) is 6.54 Å². The van der Waals surface area contributed by atoms with Gasteiger partial charge in [-0.25, -0.2) is 9.37 Å². The average Bonchev–Trinajstić information content (AvgIpc) is 2.39. The van der Waals surface area contributed by atoms with E-state index in [1.807, 2.05) is 30.3 Å². The number of anilines is 1. The van der Waals surface area contributed by atoms with E-state index in [1.165, 1.54) is 6.07 Å². The maximum Gasteiger partial charge on any atom is 0.165 e. The number of halogens is 1. The zero-order chi connectivity index (χ0) is 12.1. The first-order valence-electron chi connectivity index (χ1n) is 5.43. The largest absolute Gasteiger partial charge is 0.360 e. The summed E-state index contributed by atoms with van der Waals surface area (Å²) < 4.78 is 13.4. The SMILES string of the molecule is NCC(Nc1ncccc1F)c1ccccc1. The molecule has 1 heterocycles. The normalized spacial score (nSPS) is 12.1. The van der Waals surface area contributed by atoms with Gasteiger partial charge in [0.15, 0.2) is 11.6 Å². The van der Waals surface area contributed by atoms with Crippen molar-refractivity contribution in [1.82, 2.24) is 4.98 Å². The second-order valence-corrected chi connectivity index (χ2v) is 3.68. The van der Waals surface area contributed by atoms with E-state index in [0.717, 1.165) is 5.56 Å². The first-order valence-corrected chi connectivity index (χ1v) is 5.43. The van der Waals surface area contributed by atoms with Crippen molar-refractivity contribution in [3.05, 3.63) is 60.0 Å². The summed E-state index contributed by atoms with van der Waals surface area (Å²) >= 11 is 0. The molecule has 2 aromatic rings. The molecule has 0 aliphatic carbocycles. The number of nitrogens with two attached hydrogens (primary N) is 1. The predicted molar refractivity (Wildman–Crippen MR) is 66.1 cm³/mol. The number of aromatic nitrogens is 1. The van der Waals surface area contributed by atoms with Crippen molar-refractivity contribution < 1.29 is 4.39 Å². The number of hydrogen-bond donors (Lipinski definition) is 2. The van der Waals surface area contributed by atoms with E-state index in [-0.39, 0.29) is 17.7 Å². The van der Waals surface area contributed by atoms with Crippen molar-refractivity contribution in [3.8, 4) is 0 Å². The second-order valence-electron chi connectivity index (χ2n) is 3.68. The molecule has 0 saturated carbocycles. The summed E-state index contributed by atoms with van der Waals surface area (Å²) in [6.07, 6.45) is 1.55. The number of nitrogens with one attached hydrogen (secondary N) is 1. The van der Waals surface area contributed by atoms with Crippen molar-refractivity contribution in [2.45, 2.75) is 6.04 Å². The van der Waals surface area contributed by atoms with E-state index < -0.39 is 0 Å². The van der Waals surface area contributed by atoms with Crippen LogP contribution in [0.4, 0.5) is 10.2 Å². The molecule has 4 heteroatoms. The van der Waals surface area contributed by atoms with E-state index in [2.05, 4.69) is 10.3 Å². The lowest BCUT2D eigenvalue weighted by Gasteiger charge is -2.18. The fourth-order valence-electron chi connectivity index (χ4n) is 1.62. The van der Waals surface area contributed by atoms with Gasteiger partial charge in [-0.1, -0.05) is 30.3 Å². The lowest BCUT2D eigenvalue weighted by molar-refractivity contribution is 0.619. The minimum Gasteiger partial charge on any atom is -0.360 e. The van der Waals surface area contributed by atoms with Crippen LogP contribution >= 0.6 is 0 Å². The van der Waals surface area contributed by atoms with Gasteiger partial charge in [-0.15, -0.1) is 0 Å². The van der Waals surface area contributed by atoms with E-state index in [9.17, 15) is 4.39 Å². The number of hydrogen-bond acceptors (Lipinski definition) is 3. The molecule has 0 fully saturated rings. The summed E-state index contributed by atoms with van der Waals surface area (Å²) in [6.45, 7) is 0.375. The topological polar surface area (TPSA) is 50.9 Å². The van der Waals surface area contributed by atoms with Crippen LogP contribution in [0, 0.1) is 5.82 Å². The highest BCUT2D eigenvalue weighted by molar-refractivity contribution is 5.39. The molecule has 3 N–H and O–H groups in total. The standard InChI is InChI=1S/C13H14FN3/c14-11-7-4-8-16-13(11)17-12(9-15)10-5-2-1-3-6-10/h1-8,12H,9,15H2,(H,16,17). The molecule has 0 bridgehead atoms. The van der Waals surface area contributed by atoms with Crippen LogP contribution in [0.15, 0.2) is 48.7 Å². The number of rotatable bonds is 4. The molecule has 0 spiro atoms. The van der Waals surface area contributed by atoms with E-state index in [1.54, 1.807) is 12.3 Å². The molecular weight excluding hydrogens is 217 g/mol. The van der Waals surface area contributed by atoms with Crippen LogP contribution in [0.5, 0.6) is 0 Å². The number of pyridine rings is 1. The second kappa shape index (κ2) is 5.41. The number of benzene rings is 1. The maximum atomic E-state index is 13.4. The first-order chi connectivity index (χ1) is 8.31. The summed E-state index contributed by atoms with van der Waals surface area (Å²) in [7, 11) is 0. The summed E-state index contributed by atoms with van der Waals surface area (Å²) in [5.74, 6) is -0.145. The molecule has 1 unspecified atom stereocenters. The molecule has 1 aromatic carbocycles. The maximum absolute atomic E-state index is 13.4. The fourth-order valence-corrected chi connectivity index (χ4v) is 1.62. The lowest BCUT2D eigenvalue weighted by Crippen LogP contribution is -2.21. The van der Waals surface area contributed by atoms with Crippen molar-refractivity contribution in [2.24, 2.45) is 5.73 Å². The highest BCUT2D eigenvalue weighted by atomic mass is 19.1. The van der Waals surface area contributed by atoms with Gasteiger partial charge in [0.2, 0.25) is 0 Å². The smallest absolute Gasteiger partial charge is 0.165 e. The van der Waals surface area contributed by atoms with Crippen molar-refractivity contribution >= 4 is 5.82 Å². The Hall–Kier alpha value is -1.94. The zero-order valence-electron chi connectivity index (χ0n) is 9.31. The third-order valence-electron chi connectivity index (χ3n) is 2.51. The lowest BCUT2D eigenvalue weighted by atomic mass is 10.1. The Balaban J connectivity index is 2.19. The minimum absolute atomic E-state index is 0.138. The monoisotopic (exact) mass is 231 g/mol. The summed E-state index contributed by atoms with van der Waals surface area (Å²) in [4.78, 5) is 3.95. The van der Waals surface area contributed by atoms with Gasteiger partial charge in [0.05, 0.1) is 6.04 Å². The van der Waals surface area contributed by atoms with Gasteiger partial charge < -0.3 is 11.1 Å². The Morgan fingerprint density at radius 2 is 1.94 bits per heavy atom. The van der Waals surface area contributed by atoms with Gasteiger partial charge in [0.25, 0.3) is 0 Å². The van der Waals surface area contributed by atoms with Crippen LogP contribution in [0.2, 0.25) is 0 Å². The Morgan fingerprint density at radius 1 is 1.18 bits per heavy atom. The van der Waals surface area contributed by atoms with Crippen LogP contribution in [0.3, 0.4) is 0 Å². The molecule has 0 aliphatic rings. The molecule has 1 atom stereocenters. The Morgan fingerprint density at radius 3 is 2.59 bits per heavy atom.